The van der Waals surface area contributed by atoms with Crippen molar-refractivity contribution >= 4 is 11.6 Å². The van der Waals surface area contributed by atoms with Crippen LogP contribution in [0, 0.1) is 0 Å². The first-order valence-electron chi connectivity index (χ1n) is 5.70. The lowest BCUT2D eigenvalue weighted by Gasteiger charge is -2.13. The molecule has 3 N–H and O–H groups in total. The quantitative estimate of drug-likeness (QED) is 0.818. The molecule has 94 valence electrons. The van der Waals surface area contributed by atoms with E-state index in [-0.39, 0.29) is 12.5 Å². The minimum Gasteiger partial charge on any atom is -0.383 e. The van der Waals surface area contributed by atoms with Crippen LogP contribution in [0.2, 0.25) is 0 Å². The lowest BCUT2D eigenvalue weighted by molar-refractivity contribution is -0.118. The molecule has 1 unspecified atom stereocenters. The first kappa shape index (κ1) is 13.7. The zero-order valence-corrected chi connectivity index (χ0v) is 10.6. The van der Waals surface area contributed by atoms with Gasteiger partial charge in [-0.25, -0.2) is 0 Å². The minimum absolute atomic E-state index is 0.218. The van der Waals surface area contributed by atoms with E-state index < -0.39 is 6.04 Å². The molecule has 1 atom stereocenters. The molecule has 4 heteroatoms. The summed E-state index contributed by atoms with van der Waals surface area (Å²) in [6.45, 7) is 4.44. The molecule has 0 aromatic heterocycles. The molecule has 0 saturated heterocycles. The lowest BCUT2D eigenvalue weighted by atomic mass is 10.0. The van der Waals surface area contributed by atoms with Crippen LogP contribution in [0.25, 0.3) is 0 Å². The molecule has 0 aliphatic heterocycles. The number of carbonyl (C=O) groups is 1. The van der Waals surface area contributed by atoms with E-state index in [0.717, 1.165) is 5.69 Å². The SMILES string of the molecule is COCC(N)C(=O)Nc1cccc(C(C)C)c1. The average Bonchev–Trinajstić information content (AvgIpc) is 2.29. The zero-order valence-electron chi connectivity index (χ0n) is 10.6. The van der Waals surface area contributed by atoms with Crippen LogP contribution in [0.1, 0.15) is 25.3 Å². The largest absolute Gasteiger partial charge is 0.383 e. The fourth-order valence-electron chi connectivity index (χ4n) is 1.47. The van der Waals surface area contributed by atoms with Crippen LogP contribution in [-0.2, 0) is 9.53 Å². The van der Waals surface area contributed by atoms with Crippen molar-refractivity contribution in [3.05, 3.63) is 29.8 Å². The molecule has 1 rings (SSSR count). The normalized spacial score (nSPS) is 12.5. The molecule has 17 heavy (non-hydrogen) atoms. The molecule has 0 aliphatic rings. The fourth-order valence-corrected chi connectivity index (χ4v) is 1.47. The summed E-state index contributed by atoms with van der Waals surface area (Å²) in [6.07, 6.45) is 0. The number of anilines is 1. The van der Waals surface area contributed by atoms with Crippen molar-refractivity contribution in [2.45, 2.75) is 25.8 Å². The monoisotopic (exact) mass is 236 g/mol. The standard InChI is InChI=1S/C13H20N2O2/c1-9(2)10-5-4-6-11(7-10)15-13(16)12(14)8-17-3/h4-7,9,12H,8,14H2,1-3H3,(H,15,16). The van der Waals surface area contributed by atoms with Gasteiger partial charge in [0.25, 0.3) is 0 Å². The van der Waals surface area contributed by atoms with Crippen molar-refractivity contribution in [3.8, 4) is 0 Å². The Labute approximate surface area is 102 Å². The molecule has 1 amide bonds. The second-order valence-corrected chi connectivity index (χ2v) is 4.33. The molecular weight excluding hydrogens is 216 g/mol. The van der Waals surface area contributed by atoms with Gasteiger partial charge in [-0.15, -0.1) is 0 Å². The number of ether oxygens (including phenoxy) is 1. The van der Waals surface area contributed by atoms with Gasteiger partial charge in [0.1, 0.15) is 6.04 Å². The molecule has 0 fully saturated rings. The van der Waals surface area contributed by atoms with Gasteiger partial charge in [-0.2, -0.15) is 0 Å². The highest BCUT2D eigenvalue weighted by Crippen LogP contribution is 2.18. The van der Waals surface area contributed by atoms with Gasteiger partial charge in [-0.05, 0) is 23.6 Å². The lowest BCUT2D eigenvalue weighted by Crippen LogP contribution is -2.39. The third-order valence-electron chi connectivity index (χ3n) is 2.50. The predicted molar refractivity (Wildman–Crippen MR) is 69.0 cm³/mol. The Morgan fingerprint density at radius 2 is 2.18 bits per heavy atom. The molecule has 0 spiro atoms. The summed E-state index contributed by atoms with van der Waals surface area (Å²) in [6, 6.07) is 7.14. The van der Waals surface area contributed by atoms with E-state index in [1.807, 2.05) is 24.3 Å². The Kier molecular flexibility index (Phi) is 5.12. The van der Waals surface area contributed by atoms with Gasteiger partial charge in [0, 0.05) is 12.8 Å². The Morgan fingerprint density at radius 1 is 1.47 bits per heavy atom. The second-order valence-electron chi connectivity index (χ2n) is 4.33. The van der Waals surface area contributed by atoms with Gasteiger partial charge in [0.05, 0.1) is 6.61 Å². The topological polar surface area (TPSA) is 64.3 Å². The van der Waals surface area contributed by atoms with E-state index in [4.69, 9.17) is 10.5 Å². The van der Waals surface area contributed by atoms with Crippen LogP contribution in [0.3, 0.4) is 0 Å². The number of carbonyl (C=O) groups excluding carboxylic acids is 1. The van der Waals surface area contributed by atoms with Gasteiger partial charge in [-0.3, -0.25) is 4.79 Å². The molecule has 1 aromatic rings. The van der Waals surface area contributed by atoms with E-state index in [1.54, 1.807) is 0 Å². The van der Waals surface area contributed by atoms with Gasteiger partial charge < -0.3 is 15.8 Å². The smallest absolute Gasteiger partial charge is 0.243 e. The van der Waals surface area contributed by atoms with E-state index in [9.17, 15) is 4.79 Å². The fraction of sp³-hybridized carbons (Fsp3) is 0.462. The second kappa shape index (κ2) is 6.37. The summed E-state index contributed by atoms with van der Waals surface area (Å²) in [5, 5.41) is 2.78. The number of hydrogen-bond acceptors (Lipinski definition) is 3. The van der Waals surface area contributed by atoms with E-state index >= 15 is 0 Å². The summed E-state index contributed by atoms with van der Waals surface area (Å²) < 4.78 is 4.84. The minimum atomic E-state index is -0.636. The number of nitrogens with two attached hydrogens (primary N) is 1. The molecule has 0 radical (unpaired) electrons. The number of nitrogens with one attached hydrogen (secondary N) is 1. The first-order valence-corrected chi connectivity index (χ1v) is 5.70. The van der Waals surface area contributed by atoms with Gasteiger partial charge in [0.15, 0.2) is 0 Å². The van der Waals surface area contributed by atoms with Gasteiger partial charge in [0.2, 0.25) is 5.91 Å². The van der Waals surface area contributed by atoms with Crippen LogP contribution < -0.4 is 11.1 Å². The molecule has 0 heterocycles. The molecular formula is C13H20N2O2. The van der Waals surface area contributed by atoms with Crippen LogP contribution in [0.4, 0.5) is 5.69 Å². The van der Waals surface area contributed by atoms with Crippen LogP contribution >= 0.6 is 0 Å². The Morgan fingerprint density at radius 3 is 2.76 bits per heavy atom. The van der Waals surface area contributed by atoms with Crippen molar-refractivity contribution in [2.75, 3.05) is 19.0 Å². The van der Waals surface area contributed by atoms with E-state index in [0.29, 0.717) is 5.92 Å². The Hall–Kier alpha value is -1.39. The number of hydrogen-bond donors (Lipinski definition) is 2. The molecule has 1 aromatic carbocycles. The van der Waals surface area contributed by atoms with Gasteiger partial charge >= 0.3 is 0 Å². The maximum atomic E-state index is 11.7. The summed E-state index contributed by atoms with van der Waals surface area (Å²) in [7, 11) is 1.52. The molecule has 0 saturated carbocycles. The summed E-state index contributed by atoms with van der Waals surface area (Å²) in [5.41, 5.74) is 7.59. The first-order chi connectivity index (χ1) is 8.04. The van der Waals surface area contributed by atoms with Crippen LogP contribution in [0.5, 0.6) is 0 Å². The number of amides is 1. The predicted octanol–water partition coefficient (Wildman–Crippen LogP) is 1.72. The highest BCUT2D eigenvalue weighted by atomic mass is 16.5. The third-order valence-corrected chi connectivity index (χ3v) is 2.50. The number of methoxy groups -OCH3 is 1. The number of benzene rings is 1. The highest BCUT2D eigenvalue weighted by Gasteiger charge is 2.13. The average molecular weight is 236 g/mol. The Balaban J connectivity index is 2.68. The summed E-state index contributed by atoms with van der Waals surface area (Å²) in [4.78, 5) is 11.7. The van der Waals surface area contributed by atoms with E-state index in [1.165, 1.54) is 12.7 Å². The maximum absolute atomic E-state index is 11.7. The Bertz CT molecular complexity index is 377. The van der Waals surface area contributed by atoms with Crippen molar-refractivity contribution in [2.24, 2.45) is 5.73 Å². The van der Waals surface area contributed by atoms with E-state index in [2.05, 4.69) is 19.2 Å². The number of rotatable bonds is 5. The zero-order chi connectivity index (χ0) is 12.8. The summed E-state index contributed by atoms with van der Waals surface area (Å²) >= 11 is 0. The maximum Gasteiger partial charge on any atom is 0.243 e. The van der Waals surface area contributed by atoms with Crippen LogP contribution in [0.15, 0.2) is 24.3 Å². The van der Waals surface area contributed by atoms with Crippen molar-refractivity contribution < 1.29 is 9.53 Å². The molecule has 4 nitrogen and oxygen atoms in total. The third kappa shape index (κ3) is 4.17. The van der Waals surface area contributed by atoms with Crippen molar-refractivity contribution in [3.63, 3.8) is 0 Å². The highest BCUT2D eigenvalue weighted by molar-refractivity contribution is 5.94. The molecule has 0 aliphatic carbocycles. The van der Waals surface area contributed by atoms with Crippen molar-refractivity contribution in [1.82, 2.24) is 0 Å². The summed E-state index contributed by atoms with van der Waals surface area (Å²) in [5.74, 6) is 0.201. The van der Waals surface area contributed by atoms with Crippen molar-refractivity contribution in [1.29, 1.82) is 0 Å². The van der Waals surface area contributed by atoms with Gasteiger partial charge in [-0.1, -0.05) is 26.0 Å². The molecule has 0 bridgehead atoms. The van der Waals surface area contributed by atoms with Crippen LogP contribution in [-0.4, -0.2) is 25.7 Å².